The Balaban J connectivity index is 1.22. The Kier molecular flexibility index (Phi) is 5.98. The van der Waals surface area contributed by atoms with Crippen LogP contribution in [-0.2, 0) is 16.0 Å². The van der Waals surface area contributed by atoms with Crippen LogP contribution in [0.3, 0.4) is 0 Å². The molecule has 8 heteroatoms. The van der Waals surface area contributed by atoms with Gasteiger partial charge in [0.1, 0.15) is 12.4 Å². The summed E-state index contributed by atoms with van der Waals surface area (Å²) in [6.07, 6.45) is 2.99. The van der Waals surface area contributed by atoms with Crippen molar-refractivity contribution in [3.8, 4) is 17.2 Å². The number of aromatic nitrogens is 2. The first-order chi connectivity index (χ1) is 13.8. The van der Waals surface area contributed by atoms with Crippen molar-refractivity contribution in [2.45, 2.75) is 31.8 Å². The van der Waals surface area contributed by atoms with E-state index in [-0.39, 0.29) is 18.4 Å². The van der Waals surface area contributed by atoms with Crippen LogP contribution in [0.15, 0.2) is 45.5 Å². The third kappa shape index (κ3) is 4.96. The Labute approximate surface area is 166 Å². The van der Waals surface area contributed by atoms with Gasteiger partial charge in [0.25, 0.3) is 0 Å². The number of rotatable bonds is 8. The maximum atomic E-state index is 12.2. The third-order valence-electron chi connectivity index (χ3n) is 4.40. The normalized spacial score (nSPS) is 16.2. The first kappa shape index (κ1) is 18.6. The molecule has 2 aromatic heterocycles. The molecule has 0 aliphatic carbocycles. The average Bonchev–Trinajstić information content (AvgIpc) is 3.48. The van der Waals surface area contributed by atoms with Crippen molar-refractivity contribution in [2.75, 3.05) is 18.5 Å². The highest BCUT2D eigenvalue weighted by Gasteiger charge is 2.16. The summed E-state index contributed by atoms with van der Waals surface area (Å²) in [7, 11) is 0. The SMILES string of the molecule is O=C(CCc1nnc(-c2ccsc2)o1)Nc1ccc(OC[C@H]2CCCO2)cc1. The van der Waals surface area contributed by atoms with E-state index in [0.717, 1.165) is 36.4 Å². The van der Waals surface area contributed by atoms with Crippen LogP contribution in [0.2, 0.25) is 0 Å². The predicted octanol–water partition coefficient (Wildman–Crippen LogP) is 3.93. The van der Waals surface area contributed by atoms with Crippen molar-refractivity contribution in [2.24, 2.45) is 0 Å². The molecule has 1 aliphatic heterocycles. The van der Waals surface area contributed by atoms with Gasteiger partial charge in [-0.15, -0.1) is 10.2 Å². The lowest BCUT2D eigenvalue weighted by Gasteiger charge is -2.12. The summed E-state index contributed by atoms with van der Waals surface area (Å²) >= 11 is 1.57. The average molecular weight is 399 g/mol. The van der Waals surface area contributed by atoms with Crippen molar-refractivity contribution in [1.82, 2.24) is 10.2 Å². The smallest absolute Gasteiger partial charge is 0.248 e. The Morgan fingerprint density at radius 2 is 2.14 bits per heavy atom. The van der Waals surface area contributed by atoms with Crippen molar-refractivity contribution in [3.63, 3.8) is 0 Å². The number of nitrogens with zero attached hydrogens (tertiary/aromatic N) is 2. The summed E-state index contributed by atoms with van der Waals surface area (Å²) in [5.41, 5.74) is 1.62. The van der Waals surface area contributed by atoms with Gasteiger partial charge in [0.05, 0.1) is 6.10 Å². The minimum absolute atomic E-state index is 0.108. The summed E-state index contributed by atoms with van der Waals surface area (Å²) in [5.74, 6) is 1.59. The van der Waals surface area contributed by atoms with E-state index in [2.05, 4.69) is 15.5 Å². The fourth-order valence-electron chi connectivity index (χ4n) is 2.90. The predicted molar refractivity (Wildman–Crippen MR) is 105 cm³/mol. The van der Waals surface area contributed by atoms with Gasteiger partial charge < -0.3 is 19.2 Å². The van der Waals surface area contributed by atoms with Crippen LogP contribution in [0.25, 0.3) is 11.5 Å². The van der Waals surface area contributed by atoms with Crippen LogP contribution >= 0.6 is 11.3 Å². The number of carbonyl (C=O) groups excluding carboxylic acids is 1. The van der Waals surface area contributed by atoms with Crippen LogP contribution in [0, 0.1) is 0 Å². The van der Waals surface area contributed by atoms with Gasteiger partial charge in [-0.1, -0.05) is 0 Å². The zero-order valence-electron chi connectivity index (χ0n) is 15.3. The molecular weight excluding hydrogens is 378 g/mol. The number of benzene rings is 1. The van der Waals surface area contributed by atoms with Crippen LogP contribution in [0.4, 0.5) is 5.69 Å². The number of anilines is 1. The Bertz CT molecular complexity index is 887. The molecule has 1 aromatic carbocycles. The van der Waals surface area contributed by atoms with E-state index in [9.17, 15) is 4.79 Å². The zero-order valence-corrected chi connectivity index (χ0v) is 16.1. The van der Waals surface area contributed by atoms with E-state index < -0.39 is 0 Å². The fourth-order valence-corrected chi connectivity index (χ4v) is 3.53. The Hall–Kier alpha value is -2.71. The summed E-state index contributed by atoms with van der Waals surface area (Å²) < 4.78 is 16.9. The van der Waals surface area contributed by atoms with E-state index in [4.69, 9.17) is 13.9 Å². The lowest BCUT2D eigenvalue weighted by molar-refractivity contribution is -0.116. The molecule has 0 spiro atoms. The summed E-state index contributed by atoms with van der Waals surface area (Å²) in [5, 5.41) is 14.8. The van der Waals surface area contributed by atoms with E-state index >= 15 is 0 Å². The molecule has 7 nitrogen and oxygen atoms in total. The summed E-state index contributed by atoms with van der Waals surface area (Å²) in [6.45, 7) is 1.38. The molecule has 0 bridgehead atoms. The highest BCUT2D eigenvalue weighted by molar-refractivity contribution is 7.08. The molecule has 0 saturated carbocycles. The molecule has 1 N–H and O–H groups in total. The van der Waals surface area contributed by atoms with E-state index in [1.54, 1.807) is 11.3 Å². The molecule has 1 saturated heterocycles. The second-order valence-electron chi connectivity index (χ2n) is 6.53. The first-order valence-electron chi connectivity index (χ1n) is 9.25. The van der Waals surface area contributed by atoms with Gasteiger partial charge in [-0.3, -0.25) is 4.79 Å². The summed E-state index contributed by atoms with van der Waals surface area (Å²) in [4.78, 5) is 12.2. The fraction of sp³-hybridized carbons (Fsp3) is 0.350. The van der Waals surface area contributed by atoms with Gasteiger partial charge in [0, 0.05) is 36.1 Å². The number of nitrogens with one attached hydrogen (secondary N) is 1. The minimum Gasteiger partial charge on any atom is -0.491 e. The third-order valence-corrected chi connectivity index (χ3v) is 5.08. The van der Waals surface area contributed by atoms with Crippen LogP contribution < -0.4 is 10.1 Å². The van der Waals surface area contributed by atoms with Crippen molar-refractivity contribution >= 4 is 22.9 Å². The zero-order chi connectivity index (χ0) is 19.2. The topological polar surface area (TPSA) is 86.5 Å². The highest BCUT2D eigenvalue weighted by Crippen LogP contribution is 2.21. The highest BCUT2D eigenvalue weighted by atomic mass is 32.1. The Morgan fingerprint density at radius 3 is 2.89 bits per heavy atom. The largest absolute Gasteiger partial charge is 0.491 e. The molecule has 146 valence electrons. The maximum absolute atomic E-state index is 12.2. The summed E-state index contributed by atoms with van der Waals surface area (Å²) in [6, 6.07) is 9.25. The number of ether oxygens (including phenoxy) is 2. The molecule has 1 fully saturated rings. The molecule has 0 radical (unpaired) electrons. The van der Waals surface area contributed by atoms with Crippen LogP contribution in [-0.4, -0.2) is 35.4 Å². The van der Waals surface area contributed by atoms with Crippen molar-refractivity contribution in [3.05, 3.63) is 47.0 Å². The molecule has 1 amide bonds. The van der Waals surface area contributed by atoms with Gasteiger partial charge in [-0.2, -0.15) is 11.3 Å². The number of aryl methyl sites for hydroxylation is 1. The van der Waals surface area contributed by atoms with Crippen molar-refractivity contribution < 1.29 is 18.7 Å². The molecule has 3 aromatic rings. The van der Waals surface area contributed by atoms with Gasteiger partial charge in [-0.25, -0.2) is 0 Å². The van der Waals surface area contributed by atoms with E-state index in [0.29, 0.717) is 24.8 Å². The van der Waals surface area contributed by atoms with Crippen LogP contribution in [0.5, 0.6) is 5.75 Å². The van der Waals surface area contributed by atoms with Crippen molar-refractivity contribution in [1.29, 1.82) is 0 Å². The van der Waals surface area contributed by atoms with Gasteiger partial charge in [0.15, 0.2) is 0 Å². The number of amides is 1. The molecule has 3 heterocycles. The number of hydrogen-bond donors (Lipinski definition) is 1. The lowest BCUT2D eigenvalue weighted by atomic mass is 10.2. The number of thiophene rings is 1. The monoisotopic (exact) mass is 399 g/mol. The quantitative estimate of drug-likeness (QED) is 0.618. The molecule has 0 unspecified atom stereocenters. The van der Waals surface area contributed by atoms with Crippen LogP contribution in [0.1, 0.15) is 25.2 Å². The first-order valence-corrected chi connectivity index (χ1v) is 10.2. The van der Waals surface area contributed by atoms with Gasteiger partial charge in [-0.05, 0) is 48.6 Å². The lowest BCUT2D eigenvalue weighted by Crippen LogP contribution is -2.16. The molecule has 1 atom stereocenters. The molecule has 28 heavy (non-hydrogen) atoms. The van der Waals surface area contributed by atoms with Gasteiger partial charge in [0.2, 0.25) is 17.7 Å². The van der Waals surface area contributed by atoms with E-state index in [1.807, 2.05) is 41.1 Å². The van der Waals surface area contributed by atoms with Gasteiger partial charge >= 0.3 is 0 Å². The standard InChI is InChI=1S/C20H21N3O4S/c24-18(7-8-19-22-23-20(27-19)14-9-11-28-13-14)21-15-3-5-16(6-4-15)26-12-17-2-1-10-25-17/h3-6,9,11,13,17H,1-2,7-8,10,12H2,(H,21,24)/t17-/m1/s1. The second-order valence-corrected chi connectivity index (χ2v) is 7.31. The number of carbonyl (C=O) groups is 1. The Morgan fingerprint density at radius 1 is 1.25 bits per heavy atom. The molecule has 4 rings (SSSR count). The molecular formula is C20H21N3O4S. The second kappa shape index (κ2) is 8.99. The maximum Gasteiger partial charge on any atom is 0.248 e. The number of hydrogen-bond acceptors (Lipinski definition) is 7. The molecule has 1 aliphatic rings. The minimum atomic E-state index is -0.108. The van der Waals surface area contributed by atoms with E-state index in [1.165, 1.54) is 0 Å².